The van der Waals surface area contributed by atoms with Crippen molar-refractivity contribution in [2.45, 2.75) is 27.2 Å². The fraction of sp³-hybridized carbons (Fsp3) is 0.714. The Bertz CT molecular complexity index is 175. The fourth-order valence-electron chi connectivity index (χ4n) is 0.519. The summed E-state index contributed by atoms with van der Waals surface area (Å²) >= 11 is 0. The molecule has 0 aliphatic rings. The van der Waals surface area contributed by atoms with E-state index in [4.69, 9.17) is 5.21 Å². The summed E-state index contributed by atoms with van der Waals surface area (Å²) in [7, 11) is 0. The Labute approximate surface area is 65.6 Å². The van der Waals surface area contributed by atoms with Crippen LogP contribution in [0.25, 0.3) is 0 Å². The van der Waals surface area contributed by atoms with E-state index in [-0.39, 0.29) is 0 Å². The molecule has 0 radical (unpaired) electrons. The third-order valence-corrected chi connectivity index (χ3v) is 1.81. The van der Waals surface area contributed by atoms with Crippen LogP contribution in [0.4, 0.5) is 0 Å². The first-order valence-electron chi connectivity index (χ1n) is 3.44. The summed E-state index contributed by atoms with van der Waals surface area (Å²) in [6.45, 7) is 5.12. The molecule has 0 aromatic carbocycles. The van der Waals surface area contributed by atoms with E-state index in [0.29, 0.717) is 6.42 Å². The fourth-order valence-corrected chi connectivity index (χ4v) is 0.519. The lowest BCUT2D eigenvalue weighted by molar-refractivity contribution is -0.147. The van der Waals surface area contributed by atoms with Crippen LogP contribution in [-0.4, -0.2) is 16.9 Å². The third kappa shape index (κ3) is 2.31. The molecule has 0 heterocycles. The van der Waals surface area contributed by atoms with Crippen molar-refractivity contribution in [1.29, 1.82) is 0 Å². The van der Waals surface area contributed by atoms with Crippen LogP contribution in [0.3, 0.4) is 0 Å². The summed E-state index contributed by atoms with van der Waals surface area (Å²) < 4.78 is 0. The number of amides is 1. The van der Waals surface area contributed by atoms with Crippen molar-refractivity contribution in [1.82, 2.24) is 5.48 Å². The lowest BCUT2D eigenvalue weighted by Crippen LogP contribution is -2.37. The first-order chi connectivity index (χ1) is 4.95. The van der Waals surface area contributed by atoms with Crippen molar-refractivity contribution in [3.05, 3.63) is 0 Å². The Morgan fingerprint density at radius 2 is 1.91 bits per heavy atom. The SMILES string of the molecule is CCC(C)(C)C(=O)C(=O)NO. The molecule has 0 fully saturated rings. The quantitative estimate of drug-likeness (QED) is 0.358. The van der Waals surface area contributed by atoms with Gasteiger partial charge in [-0.1, -0.05) is 20.8 Å². The minimum atomic E-state index is -0.947. The van der Waals surface area contributed by atoms with E-state index in [9.17, 15) is 9.59 Å². The van der Waals surface area contributed by atoms with Gasteiger partial charge in [0.1, 0.15) is 0 Å². The van der Waals surface area contributed by atoms with Crippen molar-refractivity contribution < 1.29 is 14.8 Å². The van der Waals surface area contributed by atoms with Crippen LogP contribution >= 0.6 is 0 Å². The number of hydrogen-bond acceptors (Lipinski definition) is 3. The standard InChI is InChI=1S/C7H13NO3/c1-4-7(2,3)5(9)6(10)8-11/h11H,4H2,1-3H3,(H,8,10). The summed E-state index contributed by atoms with van der Waals surface area (Å²) in [5.74, 6) is -1.54. The van der Waals surface area contributed by atoms with Crippen molar-refractivity contribution >= 4 is 11.7 Å². The number of carbonyl (C=O) groups is 2. The maximum atomic E-state index is 11.1. The molecule has 1 amide bonds. The second kappa shape index (κ2) is 3.48. The Morgan fingerprint density at radius 1 is 1.45 bits per heavy atom. The molecular weight excluding hydrogens is 146 g/mol. The van der Waals surface area contributed by atoms with Crippen molar-refractivity contribution in [3.8, 4) is 0 Å². The normalized spacial score (nSPS) is 10.9. The van der Waals surface area contributed by atoms with E-state index in [1.807, 2.05) is 6.92 Å². The molecule has 0 aliphatic heterocycles. The van der Waals surface area contributed by atoms with Crippen LogP contribution < -0.4 is 5.48 Å². The van der Waals surface area contributed by atoms with Gasteiger partial charge in [0.2, 0.25) is 5.78 Å². The maximum absolute atomic E-state index is 11.1. The molecule has 0 saturated heterocycles. The molecular formula is C7H13NO3. The van der Waals surface area contributed by atoms with Crippen LogP contribution in [0.2, 0.25) is 0 Å². The molecule has 4 nitrogen and oxygen atoms in total. The first-order valence-corrected chi connectivity index (χ1v) is 3.44. The number of nitrogens with one attached hydrogen (secondary N) is 1. The predicted octanol–water partition coefficient (Wildman–Crippen LogP) is 0.497. The average Bonchev–Trinajstić information content (AvgIpc) is 2.01. The number of carbonyl (C=O) groups excluding carboxylic acids is 2. The Balaban J connectivity index is 4.36. The molecule has 64 valence electrons. The molecule has 0 spiro atoms. The highest BCUT2D eigenvalue weighted by molar-refractivity contribution is 6.37. The maximum Gasteiger partial charge on any atom is 0.311 e. The summed E-state index contributed by atoms with van der Waals surface area (Å²) in [6.07, 6.45) is 0.569. The number of hydroxylamine groups is 1. The van der Waals surface area contributed by atoms with E-state index in [1.54, 1.807) is 13.8 Å². The van der Waals surface area contributed by atoms with Crippen LogP contribution in [-0.2, 0) is 9.59 Å². The molecule has 0 aliphatic carbocycles. The molecule has 0 saturated carbocycles. The molecule has 0 atom stereocenters. The Hall–Kier alpha value is -0.900. The third-order valence-electron chi connectivity index (χ3n) is 1.81. The minimum Gasteiger partial charge on any atom is -0.288 e. The Morgan fingerprint density at radius 3 is 2.18 bits per heavy atom. The summed E-state index contributed by atoms with van der Waals surface area (Å²) in [5, 5.41) is 8.14. The van der Waals surface area contributed by atoms with Gasteiger partial charge < -0.3 is 0 Å². The summed E-state index contributed by atoms with van der Waals surface area (Å²) in [6, 6.07) is 0. The highest BCUT2D eigenvalue weighted by Gasteiger charge is 2.30. The van der Waals surface area contributed by atoms with Crippen molar-refractivity contribution in [2.24, 2.45) is 5.41 Å². The zero-order valence-corrected chi connectivity index (χ0v) is 6.97. The van der Waals surface area contributed by atoms with E-state index in [2.05, 4.69) is 0 Å². The van der Waals surface area contributed by atoms with Gasteiger partial charge in [0, 0.05) is 5.41 Å². The van der Waals surface area contributed by atoms with Gasteiger partial charge in [-0.25, -0.2) is 5.48 Å². The number of ketones is 1. The topological polar surface area (TPSA) is 66.4 Å². The first kappa shape index (κ1) is 10.1. The second-order valence-electron chi connectivity index (χ2n) is 3.01. The zero-order valence-electron chi connectivity index (χ0n) is 6.97. The van der Waals surface area contributed by atoms with Crippen LogP contribution in [0, 0.1) is 5.41 Å². The van der Waals surface area contributed by atoms with Gasteiger partial charge in [-0.05, 0) is 6.42 Å². The Kier molecular flexibility index (Phi) is 3.19. The molecule has 0 rings (SSSR count). The van der Waals surface area contributed by atoms with Crippen molar-refractivity contribution in [3.63, 3.8) is 0 Å². The number of rotatable bonds is 3. The van der Waals surface area contributed by atoms with Gasteiger partial charge >= 0.3 is 5.91 Å². The smallest absolute Gasteiger partial charge is 0.288 e. The lowest BCUT2D eigenvalue weighted by Gasteiger charge is -2.18. The molecule has 0 unspecified atom stereocenters. The van der Waals surface area contributed by atoms with Crippen LogP contribution in [0.5, 0.6) is 0 Å². The van der Waals surface area contributed by atoms with E-state index in [0.717, 1.165) is 0 Å². The van der Waals surface area contributed by atoms with Gasteiger partial charge in [-0.3, -0.25) is 14.8 Å². The molecule has 0 aromatic rings. The molecule has 0 bridgehead atoms. The van der Waals surface area contributed by atoms with Gasteiger partial charge in [-0.15, -0.1) is 0 Å². The van der Waals surface area contributed by atoms with Gasteiger partial charge in [0.15, 0.2) is 0 Å². The lowest BCUT2D eigenvalue weighted by atomic mass is 9.85. The number of hydrogen-bond donors (Lipinski definition) is 2. The van der Waals surface area contributed by atoms with Gasteiger partial charge in [0.25, 0.3) is 0 Å². The van der Waals surface area contributed by atoms with Crippen LogP contribution in [0.1, 0.15) is 27.2 Å². The van der Waals surface area contributed by atoms with Gasteiger partial charge in [-0.2, -0.15) is 0 Å². The molecule has 4 heteroatoms. The monoisotopic (exact) mass is 159 g/mol. The predicted molar refractivity (Wildman–Crippen MR) is 39.0 cm³/mol. The van der Waals surface area contributed by atoms with E-state index >= 15 is 0 Å². The van der Waals surface area contributed by atoms with Gasteiger partial charge in [0.05, 0.1) is 0 Å². The molecule has 2 N–H and O–H groups in total. The highest BCUT2D eigenvalue weighted by Crippen LogP contribution is 2.20. The summed E-state index contributed by atoms with van der Waals surface area (Å²) in [4.78, 5) is 21.7. The highest BCUT2D eigenvalue weighted by atomic mass is 16.5. The molecule has 11 heavy (non-hydrogen) atoms. The second-order valence-corrected chi connectivity index (χ2v) is 3.01. The number of Topliss-reactive ketones (excluding diaryl/α,β-unsaturated/α-hetero) is 1. The van der Waals surface area contributed by atoms with E-state index < -0.39 is 17.1 Å². The van der Waals surface area contributed by atoms with E-state index in [1.165, 1.54) is 5.48 Å². The average molecular weight is 159 g/mol. The zero-order chi connectivity index (χ0) is 9.07. The largest absolute Gasteiger partial charge is 0.311 e. The minimum absolute atomic E-state index is 0.569. The van der Waals surface area contributed by atoms with Crippen molar-refractivity contribution in [2.75, 3.05) is 0 Å². The summed E-state index contributed by atoms with van der Waals surface area (Å²) in [5.41, 5.74) is 0.629. The van der Waals surface area contributed by atoms with Crippen LogP contribution in [0.15, 0.2) is 0 Å². The molecule has 0 aromatic heterocycles.